The number of ether oxygens (including phenoxy) is 1. The lowest BCUT2D eigenvalue weighted by molar-refractivity contribution is 0.322. The van der Waals surface area contributed by atoms with E-state index in [4.69, 9.17) is 10.5 Å². The van der Waals surface area contributed by atoms with E-state index in [1.807, 2.05) is 42.5 Å². The van der Waals surface area contributed by atoms with Crippen LogP contribution in [0.25, 0.3) is 0 Å². The van der Waals surface area contributed by atoms with Gasteiger partial charge in [-0.15, -0.1) is 0 Å². The zero-order valence-electron chi connectivity index (χ0n) is 10.8. The molecule has 0 fully saturated rings. The molecule has 0 aliphatic heterocycles. The van der Waals surface area contributed by atoms with Gasteiger partial charge in [0.25, 0.3) is 0 Å². The Labute approximate surface area is 114 Å². The SMILES string of the molecule is NCC#Cc1ccc(OCCc2ccccc2)cc1. The summed E-state index contributed by atoms with van der Waals surface area (Å²) in [5.41, 5.74) is 7.57. The van der Waals surface area contributed by atoms with Gasteiger partial charge in [-0.1, -0.05) is 42.2 Å². The summed E-state index contributed by atoms with van der Waals surface area (Å²) in [6.45, 7) is 1.06. The Kier molecular flexibility index (Phi) is 5.04. The molecular weight excluding hydrogens is 234 g/mol. The predicted molar refractivity (Wildman–Crippen MR) is 78.0 cm³/mol. The highest BCUT2D eigenvalue weighted by Crippen LogP contribution is 2.12. The number of rotatable bonds is 4. The van der Waals surface area contributed by atoms with E-state index in [0.29, 0.717) is 13.2 Å². The molecule has 2 nitrogen and oxygen atoms in total. The van der Waals surface area contributed by atoms with Gasteiger partial charge in [-0.2, -0.15) is 0 Å². The third-order valence-electron chi connectivity index (χ3n) is 2.69. The maximum absolute atomic E-state index is 5.70. The molecule has 2 N–H and O–H groups in total. The van der Waals surface area contributed by atoms with Crippen LogP contribution in [0, 0.1) is 11.8 Å². The molecule has 0 bridgehead atoms. The number of benzene rings is 2. The quantitative estimate of drug-likeness (QED) is 0.848. The topological polar surface area (TPSA) is 35.2 Å². The number of nitrogens with two attached hydrogens (primary N) is 1. The third kappa shape index (κ3) is 4.50. The lowest BCUT2D eigenvalue weighted by atomic mass is 10.2. The number of hydrogen-bond donors (Lipinski definition) is 1. The third-order valence-corrected chi connectivity index (χ3v) is 2.69. The van der Waals surface area contributed by atoms with Gasteiger partial charge < -0.3 is 10.5 Å². The fraction of sp³-hybridized carbons (Fsp3) is 0.176. The Balaban J connectivity index is 1.83. The van der Waals surface area contributed by atoms with Gasteiger partial charge in [-0.25, -0.2) is 0 Å². The van der Waals surface area contributed by atoms with Crippen molar-refractivity contribution >= 4 is 0 Å². The molecule has 0 aromatic heterocycles. The highest BCUT2D eigenvalue weighted by Gasteiger charge is 1.95. The minimum Gasteiger partial charge on any atom is -0.493 e. The van der Waals surface area contributed by atoms with Crippen molar-refractivity contribution in [2.75, 3.05) is 13.2 Å². The second kappa shape index (κ2) is 7.25. The fourth-order valence-electron chi connectivity index (χ4n) is 1.72. The molecule has 19 heavy (non-hydrogen) atoms. The lowest BCUT2D eigenvalue weighted by Crippen LogP contribution is -2.01. The molecule has 0 atom stereocenters. The fourth-order valence-corrected chi connectivity index (χ4v) is 1.72. The van der Waals surface area contributed by atoms with Gasteiger partial charge >= 0.3 is 0 Å². The first-order chi connectivity index (χ1) is 9.38. The summed E-state index contributed by atoms with van der Waals surface area (Å²) >= 11 is 0. The van der Waals surface area contributed by atoms with Gasteiger partial charge in [0.2, 0.25) is 0 Å². The molecule has 0 unspecified atom stereocenters. The van der Waals surface area contributed by atoms with Crippen LogP contribution in [0.4, 0.5) is 0 Å². The van der Waals surface area contributed by atoms with E-state index in [0.717, 1.165) is 17.7 Å². The molecule has 0 aliphatic carbocycles. The summed E-state index contributed by atoms with van der Waals surface area (Å²) in [6, 6.07) is 18.1. The van der Waals surface area contributed by atoms with Crippen molar-refractivity contribution in [2.24, 2.45) is 5.73 Å². The maximum Gasteiger partial charge on any atom is 0.119 e. The Morgan fingerprint density at radius 3 is 2.37 bits per heavy atom. The Hall–Kier alpha value is -2.24. The van der Waals surface area contributed by atoms with Crippen molar-refractivity contribution in [3.8, 4) is 17.6 Å². The Morgan fingerprint density at radius 2 is 1.68 bits per heavy atom. The zero-order chi connectivity index (χ0) is 13.3. The average Bonchev–Trinajstić information content (AvgIpc) is 2.47. The van der Waals surface area contributed by atoms with Gasteiger partial charge in [0.1, 0.15) is 5.75 Å². The van der Waals surface area contributed by atoms with Crippen LogP contribution in [0.3, 0.4) is 0 Å². The summed E-state index contributed by atoms with van der Waals surface area (Å²) in [7, 11) is 0. The molecule has 2 aromatic carbocycles. The molecule has 2 heteroatoms. The highest BCUT2D eigenvalue weighted by atomic mass is 16.5. The van der Waals surface area contributed by atoms with E-state index in [-0.39, 0.29) is 0 Å². The van der Waals surface area contributed by atoms with E-state index in [9.17, 15) is 0 Å². The lowest BCUT2D eigenvalue weighted by Gasteiger charge is -2.06. The van der Waals surface area contributed by atoms with Crippen LogP contribution in [0.2, 0.25) is 0 Å². The monoisotopic (exact) mass is 251 g/mol. The summed E-state index contributed by atoms with van der Waals surface area (Å²) in [4.78, 5) is 0. The van der Waals surface area contributed by atoms with Gasteiger partial charge in [0.15, 0.2) is 0 Å². The first kappa shape index (κ1) is 13.2. The van der Waals surface area contributed by atoms with Gasteiger partial charge in [0, 0.05) is 12.0 Å². The van der Waals surface area contributed by atoms with Crippen LogP contribution in [-0.4, -0.2) is 13.2 Å². The van der Waals surface area contributed by atoms with Crippen molar-refractivity contribution in [2.45, 2.75) is 6.42 Å². The summed E-state index contributed by atoms with van der Waals surface area (Å²) in [5.74, 6) is 6.68. The predicted octanol–water partition coefficient (Wildman–Crippen LogP) is 2.62. The second-order valence-electron chi connectivity index (χ2n) is 4.11. The zero-order valence-corrected chi connectivity index (χ0v) is 10.8. The van der Waals surface area contributed by atoms with Crippen LogP contribution in [0.15, 0.2) is 54.6 Å². The minimum absolute atomic E-state index is 0.384. The van der Waals surface area contributed by atoms with E-state index in [2.05, 4.69) is 24.0 Å². The Bertz CT molecular complexity index is 549. The van der Waals surface area contributed by atoms with Crippen LogP contribution in [0.1, 0.15) is 11.1 Å². The van der Waals surface area contributed by atoms with E-state index in [1.165, 1.54) is 5.56 Å². The van der Waals surface area contributed by atoms with Crippen LogP contribution in [0.5, 0.6) is 5.75 Å². The smallest absolute Gasteiger partial charge is 0.119 e. The van der Waals surface area contributed by atoms with E-state index in [1.54, 1.807) is 0 Å². The standard InChI is InChI=1S/C17H17NO/c18-13-4-7-16-8-10-17(11-9-16)19-14-12-15-5-2-1-3-6-15/h1-3,5-6,8-11H,12-14,18H2. The molecule has 0 saturated heterocycles. The van der Waals surface area contributed by atoms with Crippen molar-refractivity contribution in [3.05, 3.63) is 65.7 Å². The van der Waals surface area contributed by atoms with E-state index < -0.39 is 0 Å². The van der Waals surface area contributed by atoms with Crippen LogP contribution in [-0.2, 0) is 6.42 Å². The molecule has 0 spiro atoms. The average molecular weight is 251 g/mol. The molecule has 2 aromatic rings. The van der Waals surface area contributed by atoms with Crippen LogP contribution < -0.4 is 10.5 Å². The molecule has 0 aliphatic rings. The van der Waals surface area contributed by atoms with E-state index >= 15 is 0 Å². The van der Waals surface area contributed by atoms with Gasteiger partial charge in [0.05, 0.1) is 13.2 Å². The minimum atomic E-state index is 0.384. The van der Waals surface area contributed by atoms with Crippen molar-refractivity contribution in [3.63, 3.8) is 0 Å². The van der Waals surface area contributed by atoms with Crippen molar-refractivity contribution in [1.82, 2.24) is 0 Å². The van der Waals surface area contributed by atoms with Gasteiger partial charge in [-0.3, -0.25) is 0 Å². The van der Waals surface area contributed by atoms with Crippen molar-refractivity contribution in [1.29, 1.82) is 0 Å². The normalized spacial score (nSPS) is 9.53. The molecule has 0 radical (unpaired) electrons. The molecule has 0 amide bonds. The molecule has 0 saturated carbocycles. The van der Waals surface area contributed by atoms with Crippen LogP contribution >= 0.6 is 0 Å². The Morgan fingerprint density at radius 1 is 0.947 bits per heavy atom. The molecule has 0 heterocycles. The van der Waals surface area contributed by atoms with Gasteiger partial charge in [-0.05, 0) is 29.8 Å². The summed E-state index contributed by atoms with van der Waals surface area (Å²) in [5, 5.41) is 0. The maximum atomic E-state index is 5.70. The number of hydrogen-bond acceptors (Lipinski definition) is 2. The first-order valence-electron chi connectivity index (χ1n) is 6.34. The second-order valence-corrected chi connectivity index (χ2v) is 4.11. The largest absolute Gasteiger partial charge is 0.493 e. The summed E-state index contributed by atoms with van der Waals surface area (Å²) in [6.07, 6.45) is 0.912. The first-order valence-corrected chi connectivity index (χ1v) is 6.34. The molecular formula is C17H17NO. The molecule has 2 rings (SSSR count). The highest BCUT2D eigenvalue weighted by molar-refractivity contribution is 5.38. The summed E-state index contributed by atoms with van der Waals surface area (Å²) < 4.78 is 5.70. The van der Waals surface area contributed by atoms with Crippen molar-refractivity contribution < 1.29 is 4.74 Å². The molecule has 96 valence electrons.